The number of nitrogens with two attached hydrogens (primary N) is 1. The summed E-state index contributed by atoms with van der Waals surface area (Å²) >= 11 is 0.891. The number of alkyl halides is 3. The Morgan fingerprint density at radius 2 is 1.92 bits per heavy atom. The Morgan fingerprint density at radius 3 is 2.50 bits per heavy atom. The molecule has 14 heteroatoms. The van der Waals surface area contributed by atoms with Crippen LogP contribution in [0.3, 0.4) is 0 Å². The van der Waals surface area contributed by atoms with Gasteiger partial charge in [-0.1, -0.05) is 11.3 Å². The number of carboxylic acid groups (broad SMARTS) is 1. The van der Waals surface area contributed by atoms with Crippen molar-refractivity contribution in [3.8, 4) is 0 Å². The molecule has 10 nitrogen and oxygen atoms in total. The molecule has 1 aliphatic heterocycles. The minimum absolute atomic E-state index is 0.0420. The van der Waals surface area contributed by atoms with Crippen molar-refractivity contribution >= 4 is 55.8 Å². The minimum atomic E-state index is -4.54. The van der Waals surface area contributed by atoms with Gasteiger partial charge >= 0.3 is 12.1 Å². The molecular weight excluding hydrogens is 501 g/mol. The standard InChI is InChI=1S/C22H21F3N6O4S/c1-30(2)18(33)16(17(26)32)22(28-13-8-10(19(34)35)4-7-14(13)31(22)3)29-20-27-12-6-5-11(21(23,24)25)9-15(12)36-20/h4-9,16,28H,1-3H3,(H2,26,32)(H,27,29)(H,34,35). The third-order valence-corrected chi connectivity index (χ3v) is 6.80. The molecule has 0 saturated carbocycles. The van der Waals surface area contributed by atoms with Crippen molar-refractivity contribution in [2.24, 2.45) is 11.7 Å². The van der Waals surface area contributed by atoms with Crippen LogP contribution < -0.4 is 21.3 Å². The van der Waals surface area contributed by atoms with Gasteiger partial charge in [0.15, 0.2) is 11.0 Å². The molecule has 2 unspecified atom stereocenters. The zero-order chi connectivity index (χ0) is 26.6. The van der Waals surface area contributed by atoms with Crippen molar-refractivity contribution in [2.45, 2.75) is 12.0 Å². The number of hydrogen-bond acceptors (Lipinski definition) is 8. The van der Waals surface area contributed by atoms with Crippen LogP contribution >= 0.6 is 11.3 Å². The lowest BCUT2D eigenvalue weighted by Crippen LogP contribution is -2.67. The summed E-state index contributed by atoms with van der Waals surface area (Å²) in [6, 6.07) is 7.29. The second kappa shape index (κ2) is 8.55. The number of primary amides is 1. The Hall–Kier alpha value is -4.07. The van der Waals surface area contributed by atoms with Gasteiger partial charge in [0.2, 0.25) is 17.6 Å². The highest BCUT2D eigenvalue weighted by Gasteiger charge is 2.55. The van der Waals surface area contributed by atoms with E-state index in [4.69, 9.17) is 5.73 Å². The van der Waals surface area contributed by atoms with Crippen molar-refractivity contribution < 1.29 is 32.7 Å². The summed E-state index contributed by atoms with van der Waals surface area (Å²) in [5, 5.41) is 15.5. The molecule has 2 aromatic carbocycles. The summed E-state index contributed by atoms with van der Waals surface area (Å²) in [6.45, 7) is 0. The summed E-state index contributed by atoms with van der Waals surface area (Å²) in [5.41, 5.74) is 5.81. The molecule has 0 aliphatic carbocycles. The van der Waals surface area contributed by atoms with E-state index in [2.05, 4.69) is 15.6 Å². The lowest BCUT2D eigenvalue weighted by atomic mass is 9.96. The highest BCUT2D eigenvalue weighted by molar-refractivity contribution is 7.22. The van der Waals surface area contributed by atoms with Crippen LogP contribution in [0.2, 0.25) is 0 Å². The first-order chi connectivity index (χ1) is 16.7. The predicted molar refractivity (Wildman–Crippen MR) is 128 cm³/mol. The maximum Gasteiger partial charge on any atom is 0.416 e. The minimum Gasteiger partial charge on any atom is -0.478 e. The van der Waals surface area contributed by atoms with E-state index in [1.165, 1.54) is 48.2 Å². The first-order valence-corrected chi connectivity index (χ1v) is 11.2. The lowest BCUT2D eigenvalue weighted by molar-refractivity contribution is -0.141. The lowest BCUT2D eigenvalue weighted by Gasteiger charge is -2.42. The number of nitrogens with one attached hydrogen (secondary N) is 2. The number of carbonyl (C=O) groups is 3. The average molecular weight is 523 g/mol. The van der Waals surface area contributed by atoms with Crippen molar-refractivity contribution in [1.82, 2.24) is 9.88 Å². The van der Waals surface area contributed by atoms with Crippen LogP contribution in [-0.2, 0) is 15.8 Å². The molecule has 1 aromatic heterocycles. The van der Waals surface area contributed by atoms with E-state index in [9.17, 15) is 32.7 Å². The fraction of sp³-hybridized carbons (Fsp3) is 0.273. The van der Waals surface area contributed by atoms with E-state index >= 15 is 0 Å². The van der Waals surface area contributed by atoms with Crippen molar-refractivity contribution in [2.75, 3.05) is 36.7 Å². The van der Waals surface area contributed by atoms with E-state index in [1.54, 1.807) is 7.05 Å². The molecule has 190 valence electrons. The summed E-state index contributed by atoms with van der Waals surface area (Å²) in [4.78, 5) is 44.3. The normalized spacial score (nSPS) is 17.9. The van der Waals surface area contributed by atoms with E-state index in [1.807, 2.05) is 0 Å². The highest BCUT2D eigenvalue weighted by atomic mass is 32.1. The topological polar surface area (TPSA) is 141 Å². The van der Waals surface area contributed by atoms with Gasteiger partial charge in [0.05, 0.1) is 32.7 Å². The zero-order valence-electron chi connectivity index (χ0n) is 19.2. The molecule has 0 bridgehead atoms. The van der Waals surface area contributed by atoms with Crippen LogP contribution in [-0.4, -0.2) is 59.7 Å². The molecule has 36 heavy (non-hydrogen) atoms. The largest absolute Gasteiger partial charge is 0.478 e. The number of halogens is 3. The summed E-state index contributed by atoms with van der Waals surface area (Å²) in [7, 11) is 4.43. The van der Waals surface area contributed by atoms with E-state index < -0.39 is 41.2 Å². The Balaban J connectivity index is 1.85. The van der Waals surface area contributed by atoms with Gasteiger partial charge < -0.3 is 31.3 Å². The number of hydrogen-bond donors (Lipinski definition) is 4. The highest BCUT2D eigenvalue weighted by Crippen LogP contribution is 2.45. The van der Waals surface area contributed by atoms with E-state index in [0.717, 1.165) is 23.5 Å². The third-order valence-electron chi connectivity index (χ3n) is 5.86. The number of amides is 2. The van der Waals surface area contributed by atoms with Crippen LogP contribution in [0.4, 0.5) is 29.7 Å². The Kier molecular flexibility index (Phi) is 5.95. The molecule has 4 rings (SSSR count). The molecule has 5 N–H and O–H groups in total. The number of aromatic carboxylic acids is 1. The molecule has 1 aliphatic rings. The molecule has 0 radical (unpaired) electrons. The van der Waals surface area contributed by atoms with Gasteiger partial charge in [0.1, 0.15) is 0 Å². The van der Waals surface area contributed by atoms with Gasteiger partial charge in [0.25, 0.3) is 0 Å². The fourth-order valence-corrected chi connectivity index (χ4v) is 5.04. The molecule has 0 spiro atoms. The summed E-state index contributed by atoms with van der Waals surface area (Å²) < 4.78 is 39.8. The molecule has 2 amide bonds. The number of carboxylic acids is 1. The smallest absolute Gasteiger partial charge is 0.416 e. The molecule has 2 atom stereocenters. The van der Waals surface area contributed by atoms with Crippen LogP contribution in [0, 0.1) is 5.92 Å². The van der Waals surface area contributed by atoms with Gasteiger partial charge in [-0.3, -0.25) is 9.59 Å². The van der Waals surface area contributed by atoms with Gasteiger partial charge in [0, 0.05) is 21.1 Å². The zero-order valence-corrected chi connectivity index (χ0v) is 20.0. The predicted octanol–water partition coefficient (Wildman–Crippen LogP) is 2.83. The molecular formula is C22H21F3N6O4S. The van der Waals surface area contributed by atoms with Crippen molar-refractivity contribution in [3.05, 3.63) is 47.5 Å². The third kappa shape index (κ3) is 4.12. The number of thiazole rings is 1. The number of fused-ring (bicyclic) bond motifs is 2. The van der Waals surface area contributed by atoms with E-state index in [0.29, 0.717) is 11.4 Å². The number of anilines is 3. The molecule has 3 aromatic rings. The first kappa shape index (κ1) is 25.0. The average Bonchev–Trinajstić information content (AvgIpc) is 3.30. The quantitative estimate of drug-likeness (QED) is 0.362. The summed E-state index contributed by atoms with van der Waals surface area (Å²) in [5.74, 6) is -6.16. The second-order valence-electron chi connectivity index (χ2n) is 8.38. The fourth-order valence-electron chi connectivity index (χ4n) is 4.08. The maximum atomic E-state index is 13.2. The SMILES string of the molecule is CN(C)C(=O)C(C(N)=O)C1(Nc2nc3ccc(C(F)(F)F)cc3s2)Nc2cc(C(=O)O)ccc2N1C. The Labute approximate surface area is 206 Å². The first-order valence-electron chi connectivity index (χ1n) is 10.4. The molecule has 0 fully saturated rings. The number of nitrogens with zero attached hydrogens (tertiary/aromatic N) is 3. The maximum absolute atomic E-state index is 13.2. The van der Waals surface area contributed by atoms with E-state index in [-0.39, 0.29) is 20.9 Å². The van der Waals surface area contributed by atoms with Crippen LogP contribution in [0.5, 0.6) is 0 Å². The van der Waals surface area contributed by atoms with Crippen LogP contribution in [0.15, 0.2) is 36.4 Å². The number of rotatable bonds is 6. The van der Waals surface area contributed by atoms with Gasteiger partial charge in [-0.15, -0.1) is 0 Å². The summed E-state index contributed by atoms with van der Waals surface area (Å²) in [6.07, 6.45) is -4.54. The number of benzene rings is 2. The number of carbonyl (C=O) groups excluding carboxylic acids is 2. The van der Waals surface area contributed by atoms with Crippen molar-refractivity contribution in [3.63, 3.8) is 0 Å². The van der Waals surface area contributed by atoms with Gasteiger partial charge in [-0.2, -0.15) is 13.2 Å². The van der Waals surface area contributed by atoms with Crippen LogP contribution in [0.25, 0.3) is 10.2 Å². The van der Waals surface area contributed by atoms with Crippen LogP contribution in [0.1, 0.15) is 15.9 Å². The monoisotopic (exact) mass is 522 g/mol. The second-order valence-corrected chi connectivity index (χ2v) is 9.41. The Morgan fingerprint density at radius 1 is 1.22 bits per heavy atom. The van der Waals surface area contributed by atoms with Crippen molar-refractivity contribution in [1.29, 1.82) is 0 Å². The Bertz CT molecular complexity index is 1390. The molecule has 2 heterocycles. The van der Waals surface area contributed by atoms with Gasteiger partial charge in [-0.05, 0) is 36.4 Å². The van der Waals surface area contributed by atoms with Gasteiger partial charge in [-0.25, -0.2) is 9.78 Å². The molecule has 0 saturated heterocycles. The number of aromatic nitrogens is 1.